The van der Waals surface area contributed by atoms with Crippen molar-refractivity contribution in [3.63, 3.8) is 0 Å². The van der Waals surface area contributed by atoms with Crippen molar-refractivity contribution in [2.45, 2.75) is 6.92 Å². The standard InChI is InChI=1S/C28H28N6O/c1-3-33-12-14-34(15-13-33)20-9-11-24(31-18-20)19-8-10-21-25(16-19)32-28(30)23(17-29)27(21)22-6-4-5-7-26(22)35-2/h4-11,16,18H,3,12-15H2,1-2H3,(H2,30,32). The Balaban J connectivity index is 1.53. The molecule has 0 aliphatic carbocycles. The third-order valence-corrected chi connectivity index (χ3v) is 6.73. The second-order valence-electron chi connectivity index (χ2n) is 8.61. The van der Waals surface area contributed by atoms with E-state index in [1.165, 1.54) is 0 Å². The predicted octanol–water partition coefficient (Wildman–Crippen LogP) is 4.57. The van der Waals surface area contributed by atoms with Crippen LogP contribution in [0.5, 0.6) is 5.75 Å². The summed E-state index contributed by atoms with van der Waals surface area (Å²) in [5, 5.41) is 10.7. The van der Waals surface area contributed by atoms with Crippen LogP contribution in [0.15, 0.2) is 60.8 Å². The van der Waals surface area contributed by atoms with E-state index in [-0.39, 0.29) is 5.82 Å². The number of hydrogen-bond donors (Lipinski definition) is 1. The van der Waals surface area contributed by atoms with Gasteiger partial charge in [0.15, 0.2) is 0 Å². The highest BCUT2D eigenvalue weighted by atomic mass is 16.5. The number of ether oxygens (including phenoxy) is 1. The van der Waals surface area contributed by atoms with E-state index in [1.54, 1.807) is 7.11 Å². The number of fused-ring (bicyclic) bond motifs is 1. The van der Waals surface area contributed by atoms with E-state index in [1.807, 2.05) is 48.7 Å². The van der Waals surface area contributed by atoms with Crippen molar-refractivity contribution in [3.05, 3.63) is 66.4 Å². The maximum atomic E-state index is 9.85. The minimum atomic E-state index is 0.201. The Kier molecular flexibility index (Phi) is 6.21. The van der Waals surface area contributed by atoms with E-state index in [0.717, 1.165) is 66.2 Å². The summed E-state index contributed by atoms with van der Waals surface area (Å²) in [4.78, 5) is 14.1. The lowest BCUT2D eigenvalue weighted by atomic mass is 9.94. The van der Waals surface area contributed by atoms with E-state index in [4.69, 9.17) is 15.5 Å². The molecule has 1 saturated heterocycles. The molecule has 0 amide bonds. The Hall–Kier alpha value is -4.15. The second-order valence-corrected chi connectivity index (χ2v) is 8.61. The van der Waals surface area contributed by atoms with Crippen LogP contribution in [0.25, 0.3) is 33.3 Å². The lowest BCUT2D eigenvalue weighted by Gasteiger charge is -2.35. The molecule has 1 fully saturated rings. The molecule has 7 heteroatoms. The normalized spacial score (nSPS) is 14.1. The van der Waals surface area contributed by atoms with Gasteiger partial charge in [0.05, 0.1) is 30.2 Å². The molecule has 0 atom stereocenters. The molecule has 4 aromatic rings. The third kappa shape index (κ3) is 4.25. The zero-order chi connectivity index (χ0) is 24.4. The lowest BCUT2D eigenvalue weighted by Crippen LogP contribution is -2.46. The summed E-state index contributed by atoms with van der Waals surface area (Å²) in [6.45, 7) is 7.49. The molecule has 1 aliphatic heterocycles. The molecule has 1 aliphatic rings. The summed E-state index contributed by atoms with van der Waals surface area (Å²) in [6.07, 6.45) is 1.95. The van der Waals surface area contributed by atoms with Gasteiger partial charge < -0.3 is 20.3 Å². The summed E-state index contributed by atoms with van der Waals surface area (Å²) in [5.74, 6) is 0.879. The number of likely N-dealkylation sites (N-methyl/N-ethyl adjacent to an activating group) is 1. The molecule has 2 aromatic heterocycles. The lowest BCUT2D eigenvalue weighted by molar-refractivity contribution is 0.271. The van der Waals surface area contributed by atoms with Crippen molar-refractivity contribution in [1.29, 1.82) is 5.26 Å². The first kappa shape index (κ1) is 22.6. The fraction of sp³-hybridized carbons (Fsp3) is 0.250. The molecule has 5 rings (SSSR count). The van der Waals surface area contributed by atoms with Gasteiger partial charge in [0, 0.05) is 48.3 Å². The first-order chi connectivity index (χ1) is 17.1. The van der Waals surface area contributed by atoms with E-state index >= 15 is 0 Å². The number of piperazine rings is 1. The largest absolute Gasteiger partial charge is 0.496 e. The fourth-order valence-corrected chi connectivity index (χ4v) is 4.75. The van der Waals surface area contributed by atoms with Gasteiger partial charge in [-0.15, -0.1) is 0 Å². The van der Waals surface area contributed by atoms with Crippen LogP contribution in [0.4, 0.5) is 11.5 Å². The van der Waals surface area contributed by atoms with Gasteiger partial charge in [0.2, 0.25) is 0 Å². The molecule has 0 radical (unpaired) electrons. The molecule has 0 unspecified atom stereocenters. The van der Waals surface area contributed by atoms with Gasteiger partial charge in [-0.25, -0.2) is 4.98 Å². The molecule has 7 nitrogen and oxygen atoms in total. The number of hydrogen-bond acceptors (Lipinski definition) is 7. The van der Waals surface area contributed by atoms with Crippen molar-refractivity contribution >= 4 is 22.4 Å². The van der Waals surface area contributed by atoms with Crippen molar-refractivity contribution < 1.29 is 4.74 Å². The SMILES string of the molecule is CCN1CCN(c2ccc(-c3ccc4c(-c5ccccc5OC)c(C#N)c(N)nc4c3)nc2)CC1. The van der Waals surface area contributed by atoms with Crippen molar-refractivity contribution in [2.24, 2.45) is 0 Å². The first-order valence-corrected chi connectivity index (χ1v) is 11.8. The first-order valence-electron chi connectivity index (χ1n) is 11.8. The average molecular weight is 465 g/mol. The van der Waals surface area contributed by atoms with Crippen LogP contribution in [0.1, 0.15) is 12.5 Å². The van der Waals surface area contributed by atoms with Crippen LogP contribution in [0.3, 0.4) is 0 Å². The molecule has 176 valence electrons. The Morgan fingerprint density at radius 3 is 2.54 bits per heavy atom. The number of anilines is 2. The summed E-state index contributed by atoms with van der Waals surface area (Å²) < 4.78 is 5.57. The maximum absolute atomic E-state index is 9.85. The fourth-order valence-electron chi connectivity index (χ4n) is 4.75. The van der Waals surface area contributed by atoms with Gasteiger partial charge in [-0.2, -0.15) is 5.26 Å². The highest BCUT2D eigenvalue weighted by Gasteiger charge is 2.19. The zero-order valence-electron chi connectivity index (χ0n) is 20.0. The van der Waals surface area contributed by atoms with Crippen molar-refractivity contribution in [1.82, 2.24) is 14.9 Å². The van der Waals surface area contributed by atoms with Crippen LogP contribution in [0, 0.1) is 11.3 Å². The molecule has 0 spiro atoms. The zero-order valence-corrected chi connectivity index (χ0v) is 20.0. The third-order valence-electron chi connectivity index (χ3n) is 6.73. The summed E-state index contributed by atoms with van der Waals surface area (Å²) in [7, 11) is 1.62. The van der Waals surface area contributed by atoms with Gasteiger partial charge >= 0.3 is 0 Å². The Morgan fingerprint density at radius 1 is 1.06 bits per heavy atom. The van der Waals surface area contributed by atoms with Crippen molar-refractivity contribution in [2.75, 3.05) is 50.5 Å². The number of pyridine rings is 2. The van der Waals surface area contributed by atoms with E-state index in [0.29, 0.717) is 16.8 Å². The van der Waals surface area contributed by atoms with Crippen LogP contribution >= 0.6 is 0 Å². The van der Waals surface area contributed by atoms with Crippen LogP contribution in [-0.2, 0) is 0 Å². The van der Waals surface area contributed by atoms with Gasteiger partial charge in [0.25, 0.3) is 0 Å². The minimum Gasteiger partial charge on any atom is -0.496 e. The van der Waals surface area contributed by atoms with E-state index in [2.05, 4.69) is 39.9 Å². The van der Waals surface area contributed by atoms with Crippen LogP contribution in [-0.4, -0.2) is 54.7 Å². The number of methoxy groups -OCH3 is 1. The summed E-state index contributed by atoms with van der Waals surface area (Å²) in [5.41, 5.74) is 11.8. The number of nitriles is 1. The molecule has 2 aromatic carbocycles. The highest BCUT2D eigenvalue weighted by molar-refractivity contribution is 6.02. The van der Waals surface area contributed by atoms with Crippen LogP contribution < -0.4 is 15.4 Å². The van der Waals surface area contributed by atoms with Gasteiger partial charge in [-0.1, -0.05) is 37.3 Å². The quantitative estimate of drug-likeness (QED) is 0.463. The van der Waals surface area contributed by atoms with E-state index in [9.17, 15) is 5.26 Å². The maximum Gasteiger partial charge on any atom is 0.142 e. The molecule has 3 heterocycles. The predicted molar refractivity (Wildman–Crippen MR) is 140 cm³/mol. The topological polar surface area (TPSA) is 91.3 Å². The number of rotatable bonds is 5. The van der Waals surface area contributed by atoms with Gasteiger partial charge in [-0.3, -0.25) is 4.98 Å². The number of nitrogens with zero attached hydrogens (tertiary/aromatic N) is 5. The average Bonchev–Trinajstić information content (AvgIpc) is 2.92. The van der Waals surface area contributed by atoms with Crippen LogP contribution in [0.2, 0.25) is 0 Å². The second kappa shape index (κ2) is 9.61. The highest BCUT2D eigenvalue weighted by Crippen LogP contribution is 2.39. The molecule has 0 saturated carbocycles. The van der Waals surface area contributed by atoms with Gasteiger partial charge in [0.1, 0.15) is 23.2 Å². The molecular weight excluding hydrogens is 436 g/mol. The monoisotopic (exact) mass is 464 g/mol. The Bertz CT molecular complexity index is 1400. The summed E-state index contributed by atoms with van der Waals surface area (Å²) in [6, 6.07) is 20.0. The number of nitrogen functional groups attached to an aromatic ring is 1. The summed E-state index contributed by atoms with van der Waals surface area (Å²) >= 11 is 0. The van der Waals surface area contributed by atoms with E-state index < -0.39 is 0 Å². The molecule has 35 heavy (non-hydrogen) atoms. The number of aromatic nitrogens is 2. The molecular formula is C28H28N6O. The van der Waals surface area contributed by atoms with Gasteiger partial charge in [-0.05, 0) is 30.8 Å². The molecule has 0 bridgehead atoms. The number of nitrogens with two attached hydrogens (primary N) is 1. The van der Waals surface area contributed by atoms with Crippen molar-refractivity contribution in [3.8, 4) is 34.2 Å². The Labute approximate surface area is 205 Å². The Morgan fingerprint density at radius 2 is 1.86 bits per heavy atom. The number of benzene rings is 2. The smallest absolute Gasteiger partial charge is 0.142 e. The number of para-hydroxylation sites is 1. The molecule has 2 N–H and O–H groups in total. The minimum absolute atomic E-state index is 0.201.